The predicted octanol–water partition coefficient (Wildman–Crippen LogP) is 0.140. The van der Waals surface area contributed by atoms with Gasteiger partial charge in [-0.05, 0) is 40.9 Å². The van der Waals surface area contributed by atoms with Crippen LogP contribution in [0.5, 0.6) is 0 Å². The fourth-order valence-corrected chi connectivity index (χ4v) is 2.95. The molecule has 0 spiro atoms. The Labute approximate surface area is 145 Å². The number of anilines is 2. The topological polar surface area (TPSA) is 125 Å². The highest BCUT2D eigenvalue weighted by atomic mass is 32.1. The molecular weight excluding hydrogens is 327 g/mol. The summed E-state index contributed by atoms with van der Waals surface area (Å²) in [6.45, 7) is 0.257. The van der Waals surface area contributed by atoms with Gasteiger partial charge in [-0.1, -0.05) is 12.1 Å². The lowest BCUT2D eigenvalue weighted by Crippen LogP contribution is -2.48. The van der Waals surface area contributed by atoms with Gasteiger partial charge in [0, 0.05) is 13.0 Å². The van der Waals surface area contributed by atoms with Gasteiger partial charge in [0.2, 0.25) is 5.91 Å². The molecule has 9 heteroatoms. The number of nitrogen functional groups attached to an aromatic ring is 1. The monoisotopic (exact) mass is 348 g/mol. The van der Waals surface area contributed by atoms with Crippen LogP contribution in [0.2, 0.25) is 0 Å². The molecule has 128 valence electrons. The third-order valence-corrected chi connectivity index (χ3v) is 4.30. The molecule has 1 atom stereocenters. The number of hydrogen-bond acceptors (Lipinski definition) is 7. The largest absolute Gasteiger partial charge is 0.475 e. The van der Waals surface area contributed by atoms with Crippen molar-refractivity contribution in [1.82, 2.24) is 5.32 Å². The van der Waals surface area contributed by atoms with E-state index in [4.69, 9.17) is 11.6 Å². The van der Waals surface area contributed by atoms with Gasteiger partial charge in [0.15, 0.2) is 0 Å². The highest BCUT2D eigenvalue weighted by molar-refractivity contribution is 7.07. The zero-order valence-electron chi connectivity index (χ0n) is 13.1. The molecule has 0 saturated heterocycles. The molecule has 2 rings (SSSR count). The average Bonchev–Trinajstić information content (AvgIpc) is 3.05. The van der Waals surface area contributed by atoms with Gasteiger partial charge in [0.05, 0.1) is 17.3 Å². The quantitative estimate of drug-likeness (QED) is 0.200. The van der Waals surface area contributed by atoms with Crippen LogP contribution in [0.4, 0.5) is 11.4 Å². The minimum absolute atomic E-state index is 0.109. The number of nitrogens with two attached hydrogens (primary N) is 2. The molecule has 0 radical (unpaired) electrons. The SMILES string of the molecule is Nc1ccccc1N(N)CCC(=O)NC(Cc1ccsc1)B(O)O. The Morgan fingerprint density at radius 1 is 1.33 bits per heavy atom. The van der Waals surface area contributed by atoms with E-state index in [9.17, 15) is 14.8 Å². The number of rotatable bonds is 8. The maximum atomic E-state index is 12.1. The van der Waals surface area contributed by atoms with Crippen LogP contribution in [0.15, 0.2) is 41.1 Å². The summed E-state index contributed by atoms with van der Waals surface area (Å²) >= 11 is 1.51. The molecule has 0 bridgehead atoms. The second kappa shape index (κ2) is 8.69. The molecule has 1 aromatic carbocycles. The smallest absolute Gasteiger partial charge is 0.426 e. The molecule has 1 heterocycles. The Balaban J connectivity index is 1.86. The van der Waals surface area contributed by atoms with E-state index in [1.807, 2.05) is 22.9 Å². The van der Waals surface area contributed by atoms with Gasteiger partial charge in [0.1, 0.15) is 0 Å². The van der Waals surface area contributed by atoms with Crippen molar-refractivity contribution in [1.29, 1.82) is 0 Å². The van der Waals surface area contributed by atoms with E-state index in [-0.39, 0.29) is 18.9 Å². The molecule has 7 nitrogen and oxygen atoms in total. The van der Waals surface area contributed by atoms with Gasteiger partial charge < -0.3 is 26.1 Å². The number of carbonyl (C=O) groups excluding carboxylic acids is 1. The second-order valence-corrected chi connectivity index (χ2v) is 6.21. The minimum Gasteiger partial charge on any atom is -0.426 e. The first-order valence-electron chi connectivity index (χ1n) is 7.50. The van der Waals surface area contributed by atoms with Gasteiger partial charge >= 0.3 is 7.12 Å². The van der Waals surface area contributed by atoms with Gasteiger partial charge in [-0.25, -0.2) is 5.84 Å². The summed E-state index contributed by atoms with van der Waals surface area (Å²) in [5.74, 6) is 4.84. The summed E-state index contributed by atoms with van der Waals surface area (Å²) in [7, 11) is -1.63. The predicted molar refractivity (Wildman–Crippen MR) is 97.2 cm³/mol. The van der Waals surface area contributed by atoms with E-state index in [0.29, 0.717) is 17.8 Å². The lowest BCUT2D eigenvalue weighted by molar-refractivity contribution is -0.121. The number of benzene rings is 1. The summed E-state index contributed by atoms with van der Waals surface area (Å²) in [5.41, 5.74) is 7.95. The van der Waals surface area contributed by atoms with Gasteiger partial charge in [-0.15, -0.1) is 0 Å². The van der Waals surface area contributed by atoms with Crippen molar-refractivity contribution in [2.24, 2.45) is 5.84 Å². The lowest BCUT2D eigenvalue weighted by atomic mass is 9.76. The summed E-state index contributed by atoms with van der Waals surface area (Å²) in [5, 5.41) is 26.7. The summed E-state index contributed by atoms with van der Waals surface area (Å²) in [6, 6.07) is 8.99. The van der Waals surface area contributed by atoms with Crippen molar-refractivity contribution in [3.05, 3.63) is 46.7 Å². The molecule has 24 heavy (non-hydrogen) atoms. The van der Waals surface area contributed by atoms with E-state index < -0.39 is 13.1 Å². The molecule has 1 unspecified atom stereocenters. The van der Waals surface area contributed by atoms with Crippen LogP contribution in [0.1, 0.15) is 12.0 Å². The molecule has 0 fully saturated rings. The molecule has 1 aromatic heterocycles. The number of para-hydroxylation sites is 2. The number of nitrogens with zero attached hydrogens (tertiary/aromatic N) is 1. The number of hydrogen-bond donors (Lipinski definition) is 5. The zero-order chi connectivity index (χ0) is 17.5. The standard InChI is InChI=1S/C15H21BN4O3S/c17-12-3-1-2-4-13(12)20(18)7-5-15(21)19-14(16(22)23)9-11-6-8-24-10-11/h1-4,6,8,10,14,22-23H,5,7,9,17-18H2,(H,19,21). The first kappa shape index (κ1) is 18.3. The Bertz CT molecular complexity index is 654. The molecule has 0 saturated carbocycles. The number of thiophene rings is 1. The molecule has 0 aliphatic carbocycles. The fourth-order valence-electron chi connectivity index (χ4n) is 2.26. The van der Waals surface area contributed by atoms with Crippen LogP contribution in [0, 0.1) is 0 Å². The van der Waals surface area contributed by atoms with Gasteiger partial charge in [-0.3, -0.25) is 4.79 Å². The van der Waals surface area contributed by atoms with E-state index >= 15 is 0 Å². The molecule has 1 amide bonds. The van der Waals surface area contributed by atoms with Gasteiger partial charge in [-0.2, -0.15) is 11.3 Å². The van der Waals surface area contributed by atoms with Crippen molar-refractivity contribution in [3.8, 4) is 0 Å². The highest BCUT2D eigenvalue weighted by Gasteiger charge is 2.25. The minimum atomic E-state index is -1.63. The molecule has 2 aromatic rings. The normalized spacial score (nSPS) is 11.8. The van der Waals surface area contributed by atoms with Crippen LogP contribution in [-0.4, -0.2) is 35.6 Å². The number of amides is 1. The van der Waals surface area contributed by atoms with Crippen LogP contribution in [0.25, 0.3) is 0 Å². The van der Waals surface area contributed by atoms with E-state index in [0.717, 1.165) is 5.56 Å². The van der Waals surface area contributed by atoms with Crippen molar-refractivity contribution < 1.29 is 14.8 Å². The maximum absolute atomic E-state index is 12.1. The van der Waals surface area contributed by atoms with Crippen molar-refractivity contribution in [3.63, 3.8) is 0 Å². The van der Waals surface area contributed by atoms with E-state index in [1.54, 1.807) is 18.2 Å². The average molecular weight is 348 g/mol. The first-order chi connectivity index (χ1) is 11.5. The Hall–Kier alpha value is -2.07. The van der Waals surface area contributed by atoms with Crippen LogP contribution >= 0.6 is 11.3 Å². The number of hydrazine groups is 1. The van der Waals surface area contributed by atoms with Crippen LogP contribution < -0.4 is 21.9 Å². The van der Waals surface area contributed by atoms with Crippen LogP contribution in [-0.2, 0) is 11.2 Å². The maximum Gasteiger partial charge on any atom is 0.475 e. The summed E-state index contributed by atoms with van der Waals surface area (Å²) < 4.78 is 0. The van der Waals surface area contributed by atoms with Gasteiger partial charge in [0.25, 0.3) is 0 Å². The number of carbonyl (C=O) groups is 1. The molecule has 0 aliphatic rings. The highest BCUT2D eigenvalue weighted by Crippen LogP contribution is 2.19. The van der Waals surface area contributed by atoms with Crippen LogP contribution in [0.3, 0.4) is 0 Å². The third kappa shape index (κ3) is 5.24. The fraction of sp³-hybridized carbons (Fsp3) is 0.267. The molecule has 7 N–H and O–H groups in total. The summed E-state index contributed by atoms with van der Waals surface area (Å²) in [6.07, 6.45) is 0.461. The first-order valence-corrected chi connectivity index (χ1v) is 8.45. The van der Waals surface area contributed by atoms with E-state index in [2.05, 4.69) is 5.32 Å². The molecule has 0 aliphatic heterocycles. The Kier molecular flexibility index (Phi) is 6.62. The zero-order valence-corrected chi connectivity index (χ0v) is 13.9. The Morgan fingerprint density at radius 2 is 2.08 bits per heavy atom. The summed E-state index contributed by atoms with van der Waals surface area (Å²) in [4.78, 5) is 12.1. The van der Waals surface area contributed by atoms with Crippen molar-refractivity contribution in [2.75, 3.05) is 17.3 Å². The second-order valence-electron chi connectivity index (χ2n) is 5.43. The lowest BCUT2D eigenvalue weighted by Gasteiger charge is -2.21. The van der Waals surface area contributed by atoms with Crippen molar-refractivity contribution >= 4 is 35.7 Å². The van der Waals surface area contributed by atoms with E-state index in [1.165, 1.54) is 16.3 Å². The Morgan fingerprint density at radius 3 is 2.71 bits per heavy atom. The van der Waals surface area contributed by atoms with Crippen molar-refractivity contribution in [2.45, 2.75) is 18.8 Å². The number of nitrogens with one attached hydrogen (secondary N) is 1. The third-order valence-electron chi connectivity index (χ3n) is 3.57. The molecular formula is C15H21BN4O3S.